The van der Waals surface area contributed by atoms with Gasteiger partial charge in [0.25, 0.3) is 0 Å². The number of thiazole rings is 1. The number of hydrogen-bond donors (Lipinski definition) is 1. The van der Waals surface area contributed by atoms with Crippen molar-refractivity contribution in [3.05, 3.63) is 64.3 Å². The zero-order valence-electron chi connectivity index (χ0n) is 12.2. The summed E-state index contributed by atoms with van der Waals surface area (Å²) in [5.41, 5.74) is 2.77. The molecule has 0 bridgehead atoms. The van der Waals surface area contributed by atoms with E-state index in [2.05, 4.69) is 31.2 Å². The number of nitrogens with one attached hydrogen (secondary N) is 1. The lowest BCUT2D eigenvalue weighted by atomic mass is 10.2. The van der Waals surface area contributed by atoms with Crippen molar-refractivity contribution in [2.75, 3.05) is 5.32 Å². The van der Waals surface area contributed by atoms with Gasteiger partial charge in [0, 0.05) is 34.2 Å². The monoisotopic (exact) mass is 387 g/mol. The van der Waals surface area contributed by atoms with E-state index in [-0.39, 0.29) is 5.91 Å². The molecule has 0 saturated carbocycles. The van der Waals surface area contributed by atoms with E-state index in [0.717, 1.165) is 26.4 Å². The molecule has 3 rings (SSSR count). The van der Waals surface area contributed by atoms with Crippen LogP contribution in [0.15, 0.2) is 58.6 Å². The summed E-state index contributed by atoms with van der Waals surface area (Å²) in [4.78, 5) is 20.6. The Morgan fingerprint density at radius 2 is 1.96 bits per heavy atom. The third-order valence-corrected chi connectivity index (χ3v) is 4.87. The van der Waals surface area contributed by atoms with E-state index in [1.54, 1.807) is 23.7 Å². The van der Waals surface area contributed by atoms with Crippen molar-refractivity contribution in [2.45, 2.75) is 12.8 Å². The zero-order chi connectivity index (χ0) is 16.1. The molecule has 23 heavy (non-hydrogen) atoms. The number of para-hydroxylation sites is 1. The number of amides is 1. The van der Waals surface area contributed by atoms with Gasteiger partial charge < -0.3 is 5.32 Å². The van der Waals surface area contributed by atoms with Gasteiger partial charge in [0.1, 0.15) is 5.01 Å². The summed E-state index contributed by atoms with van der Waals surface area (Å²) in [5.74, 6) is -0.0182. The summed E-state index contributed by atoms with van der Waals surface area (Å²) in [6.45, 7) is 0. The van der Waals surface area contributed by atoms with Crippen LogP contribution in [0.25, 0.3) is 10.6 Å². The normalized spacial score (nSPS) is 10.5. The third-order valence-electron chi connectivity index (χ3n) is 3.24. The summed E-state index contributed by atoms with van der Waals surface area (Å²) in [7, 11) is 0. The van der Waals surface area contributed by atoms with Crippen molar-refractivity contribution < 1.29 is 4.79 Å². The average Bonchev–Trinajstić information content (AvgIpc) is 3.05. The maximum absolute atomic E-state index is 12.1. The first-order valence-electron chi connectivity index (χ1n) is 7.11. The Morgan fingerprint density at radius 3 is 2.74 bits per heavy atom. The Morgan fingerprint density at radius 1 is 1.17 bits per heavy atom. The lowest BCUT2D eigenvalue weighted by molar-refractivity contribution is -0.116. The van der Waals surface area contributed by atoms with Gasteiger partial charge in [-0.05, 0) is 46.6 Å². The molecule has 0 aliphatic rings. The molecular formula is C17H14BrN3OS. The highest BCUT2D eigenvalue weighted by Crippen LogP contribution is 2.24. The number of pyridine rings is 1. The number of anilines is 1. The number of benzene rings is 1. The van der Waals surface area contributed by atoms with Gasteiger partial charge in [-0.1, -0.05) is 12.1 Å². The van der Waals surface area contributed by atoms with Crippen molar-refractivity contribution >= 4 is 38.9 Å². The molecule has 2 aromatic heterocycles. The summed E-state index contributed by atoms with van der Waals surface area (Å²) in [5, 5.41) is 5.85. The van der Waals surface area contributed by atoms with Crippen LogP contribution in [0.3, 0.4) is 0 Å². The van der Waals surface area contributed by atoms with Crippen LogP contribution in [0.1, 0.15) is 12.1 Å². The summed E-state index contributed by atoms with van der Waals surface area (Å²) in [6.07, 6.45) is 4.53. The first-order valence-corrected chi connectivity index (χ1v) is 8.79. The lowest BCUT2D eigenvalue weighted by Crippen LogP contribution is -2.12. The number of halogens is 1. The molecule has 3 aromatic rings. The topological polar surface area (TPSA) is 54.9 Å². The number of hydrogen-bond acceptors (Lipinski definition) is 4. The highest BCUT2D eigenvalue weighted by atomic mass is 79.9. The standard InChI is InChI=1S/C17H14BrN3OS/c18-14-3-1-2-4-15(14)21-16(22)6-5-13-11-23-17(20-13)12-7-9-19-10-8-12/h1-4,7-11H,5-6H2,(H,21,22). The smallest absolute Gasteiger partial charge is 0.224 e. The molecule has 0 aliphatic heterocycles. The van der Waals surface area contributed by atoms with Crippen molar-refractivity contribution in [3.63, 3.8) is 0 Å². The number of aryl methyl sites for hydroxylation is 1. The van der Waals surface area contributed by atoms with E-state index in [4.69, 9.17) is 0 Å². The van der Waals surface area contributed by atoms with E-state index in [1.165, 1.54) is 0 Å². The molecule has 116 valence electrons. The van der Waals surface area contributed by atoms with Gasteiger partial charge in [0.2, 0.25) is 5.91 Å². The Balaban J connectivity index is 1.58. The molecule has 0 atom stereocenters. The second kappa shape index (κ2) is 7.48. The molecule has 1 N–H and O–H groups in total. The Bertz CT molecular complexity index is 804. The minimum absolute atomic E-state index is 0.0182. The van der Waals surface area contributed by atoms with Gasteiger partial charge in [-0.3, -0.25) is 9.78 Å². The third kappa shape index (κ3) is 4.24. The number of carbonyl (C=O) groups excluding carboxylic acids is 1. The van der Waals surface area contributed by atoms with Gasteiger partial charge in [-0.25, -0.2) is 4.98 Å². The van der Waals surface area contributed by atoms with Gasteiger partial charge in [0.15, 0.2) is 0 Å². The highest BCUT2D eigenvalue weighted by Gasteiger charge is 2.08. The second-order valence-electron chi connectivity index (χ2n) is 4.91. The van der Waals surface area contributed by atoms with Crippen molar-refractivity contribution in [1.29, 1.82) is 0 Å². The fourth-order valence-electron chi connectivity index (χ4n) is 2.07. The summed E-state index contributed by atoms with van der Waals surface area (Å²) >= 11 is 5.00. The fraction of sp³-hybridized carbons (Fsp3) is 0.118. The largest absolute Gasteiger partial charge is 0.325 e. The molecule has 1 amide bonds. The molecule has 0 unspecified atom stereocenters. The molecule has 0 aliphatic carbocycles. The second-order valence-corrected chi connectivity index (χ2v) is 6.62. The molecule has 6 heteroatoms. The van der Waals surface area contributed by atoms with E-state index in [9.17, 15) is 4.79 Å². The Kier molecular flexibility index (Phi) is 5.15. The minimum atomic E-state index is -0.0182. The minimum Gasteiger partial charge on any atom is -0.325 e. The molecule has 0 radical (unpaired) electrons. The van der Waals surface area contributed by atoms with Crippen molar-refractivity contribution in [2.24, 2.45) is 0 Å². The average molecular weight is 388 g/mol. The van der Waals surface area contributed by atoms with E-state index in [0.29, 0.717) is 12.8 Å². The number of aromatic nitrogens is 2. The highest BCUT2D eigenvalue weighted by molar-refractivity contribution is 9.10. The first-order chi connectivity index (χ1) is 11.2. The van der Waals surface area contributed by atoms with Crippen molar-refractivity contribution in [1.82, 2.24) is 9.97 Å². The predicted molar refractivity (Wildman–Crippen MR) is 96.4 cm³/mol. The summed E-state index contributed by atoms with van der Waals surface area (Å²) in [6, 6.07) is 11.4. The molecular weight excluding hydrogens is 374 g/mol. The van der Waals surface area contributed by atoms with E-state index in [1.807, 2.05) is 41.8 Å². The summed E-state index contributed by atoms with van der Waals surface area (Å²) < 4.78 is 0.877. The predicted octanol–water partition coefficient (Wildman–Crippen LogP) is 4.54. The van der Waals surface area contributed by atoms with Crippen LogP contribution in [0.4, 0.5) is 5.69 Å². The lowest BCUT2D eigenvalue weighted by Gasteiger charge is -2.06. The first kappa shape index (κ1) is 15.8. The van der Waals surface area contributed by atoms with Gasteiger partial charge in [-0.2, -0.15) is 0 Å². The number of rotatable bonds is 5. The Hall–Kier alpha value is -2.05. The molecule has 4 nitrogen and oxygen atoms in total. The van der Waals surface area contributed by atoms with Crippen LogP contribution < -0.4 is 5.32 Å². The van der Waals surface area contributed by atoms with E-state index >= 15 is 0 Å². The van der Waals surface area contributed by atoms with Crippen molar-refractivity contribution in [3.8, 4) is 10.6 Å². The fourth-order valence-corrected chi connectivity index (χ4v) is 3.31. The van der Waals surface area contributed by atoms with Crippen LogP contribution in [-0.2, 0) is 11.2 Å². The van der Waals surface area contributed by atoms with Gasteiger partial charge in [0.05, 0.1) is 11.4 Å². The van der Waals surface area contributed by atoms with Crippen LogP contribution in [-0.4, -0.2) is 15.9 Å². The van der Waals surface area contributed by atoms with Crippen LogP contribution >= 0.6 is 27.3 Å². The Labute approximate surface area is 146 Å². The van der Waals surface area contributed by atoms with Crippen LogP contribution in [0.2, 0.25) is 0 Å². The maximum atomic E-state index is 12.1. The SMILES string of the molecule is O=C(CCc1csc(-c2ccncc2)n1)Nc1ccccc1Br. The van der Waals surface area contributed by atoms with Gasteiger partial charge in [-0.15, -0.1) is 11.3 Å². The quantitative estimate of drug-likeness (QED) is 0.698. The number of carbonyl (C=O) groups is 1. The molecule has 1 aromatic carbocycles. The molecule has 0 fully saturated rings. The molecule has 0 spiro atoms. The van der Waals surface area contributed by atoms with Gasteiger partial charge >= 0.3 is 0 Å². The maximum Gasteiger partial charge on any atom is 0.224 e. The van der Waals surface area contributed by atoms with E-state index < -0.39 is 0 Å². The molecule has 0 saturated heterocycles. The number of nitrogens with zero attached hydrogens (tertiary/aromatic N) is 2. The van der Waals surface area contributed by atoms with Crippen LogP contribution in [0.5, 0.6) is 0 Å². The zero-order valence-corrected chi connectivity index (χ0v) is 14.6. The molecule has 2 heterocycles. The van der Waals surface area contributed by atoms with Crippen LogP contribution in [0, 0.1) is 0 Å².